The van der Waals surface area contributed by atoms with Crippen LogP contribution in [0, 0.1) is 0 Å². The van der Waals surface area contributed by atoms with Crippen molar-refractivity contribution in [1.82, 2.24) is 4.98 Å². The van der Waals surface area contributed by atoms with Crippen LogP contribution in [0.15, 0.2) is 18.2 Å². The largest absolute Gasteiger partial charge is 0.495 e. The molecular formula is C14H19BClNO3. The molecule has 108 valence electrons. The Hall–Kier alpha value is -1.04. The van der Waals surface area contributed by atoms with E-state index in [1.54, 1.807) is 19.4 Å². The first kappa shape index (κ1) is 15.4. The van der Waals surface area contributed by atoms with E-state index >= 15 is 0 Å². The van der Waals surface area contributed by atoms with Crippen LogP contribution in [0.25, 0.3) is 6.08 Å². The van der Waals surface area contributed by atoms with Crippen LogP contribution < -0.4 is 4.74 Å². The lowest BCUT2D eigenvalue weighted by atomic mass is 9.89. The van der Waals surface area contributed by atoms with Gasteiger partial charge in [0.25, 0.3) is 0 Å². The molecule has 1 aromatic heterocycles. The van der Waals surface area contributed by atoms with Crippen molar-refractivity contribution < 1.29 is 14.0 Å². The van der Waals surface area contributed by atoms with Gasteiger partial charge in [0.05, 0.1) is 24.5 Å². The van der Waals surface area contributed by atoms with E-state index in [2.05, 4.69) is 4.98 Å². The third-order valence-corrected chi connectivity index (χ3v) is 4.00. The monoisotopic (exact) mass is 295 g/mol. The lowest BCUT2D eigenvalue weighted by Crippen LogP contribution is -2.41. The van der Waals surface area contributed by atoms with Crippen LogP contribution in [-0.4, -0.2) is 30.4 Å². The van der Waals surface area contributed by atoms with Gasteiger partial charge in [0.2, 0.25) is 0 Å². The van der Waals surface area contributed by atoms with Crippen molar-refractivity contribution in [3.05, 3.63) is 29.0 Å². The molecule has 0 spiro atoms. The van der Waals surface area contributed by atoms with Gasteiger partial charge in [0, 0.05) is 5.56 Å². The number of rotatable bonds is 3. The summed E-state index contributed by atoms with van der Waals surface area (Å²) < 4.78 is 17.0. The molecule has 1 aliphatic rings. The lowest BCUT2D eigenvalue weighted by molar-refractivity contribution is 0.00578. The van der Waals surface area contributed by atoms with E-state index in [0.717, 1.165) is 5.56 Å². The highest BCUT2D eigenvalue weighted by Gasteiger charge is 2.49. The molecule has 0 saturated carbocycles. The summed E-state index contributed by atoms with van der Waals surface area (Å²) in [6.45, 7) is 8.07. The van der Waals surface area contributed by atoms with E-state index in [9.17, 15) is 0 Å². The van der Waals surface area contributed by atoms with Crippen molar-refractivity contribution in [2.24, 2.45) is 0 Å². The van der Waals surface area contributed by atoms with Gasteiger partial charge >= 0.3 is 7.12 Å². The summed E-state index contributed by atoms with van der Waals surface area (Å²) in [5.74, 6) is 2.51. The van der Waals surface area contributed by atoms with Crippen LogP contribution in [-0.2, 0) is 9.31 Å². The van der Waals surface area contributed by atoms with Crippen LogP contribution in [0.2, 0.25) is 5.15 Å². The second-order valence-corrected chi connectivity index (χ2v) is 6.12. The molecule has 4 nitrogen and oxygen atoms in total. The third-order valence-electron chi connectivity index (χ3n) is 3.79. The summed E-state index contributed by atoms with van der Waals surface area (Å²) in [5, 5.41) is 0.416. The topological polar surface area (TPSA) is 40.6 Å². The SMILES string of the molecule is COc1cnc(Cl)cc1/C=C/B1OC(C)(C)C(C)(C)O1. The highest BCUT2D eigenvalue weighted by atomic mass is 35.5. The Morgan fingerprint density at radius 2 is 1.85 bits per heavy atom. The second-order valence-electron chi connectivity index (χ2n) is 5.73. The van der Waals surface area contributed by atoms with Gasteiger partial charge in [0.1, 0.15) is 10.9 Å². The molecule has 0 aliphatic carbocycles. The quantitative estimate of drug-likeness (QED) is 0.633. The van der Waals surface area contributed by atoms with Crippen LogP contribution in [0.4, 0.5) is 0 Å². The summed E-state index contributed by atoms with van der Waals surface area (Å²) in [5.41, 5.74) is 0.145. The average Bonchev–Trinajstić information content (AvgIpc) is 2.55. The maximum absolute atomic E-state index is 5.90. The molecule has 0 amide bonds. The van der Waals surface area contributed by atoms with E-state index in [1.165, 1.54) is 0 Å². The van der Waals surface area contributed by atoms with Gasteiger partial charge in [-0.05, 0) is 33.8 Å². The maximum Gasteiger partial charge on any atom is 0.487 e. The Bertz CT molecular complexity index is 515. The van der Waals surface area contributed by atoms with Gasteiger partial charge < -0.3 is 14.0 Å². The van der Waals surface area contributed by atoms with Gasteiger partial charge in [-0.25, -0.2) is 4.98 Å². The number of pyridine rings is 1. The molecule has 0 atom stereocenters. The molecule has 20 heavy (non-hydrogen) atoms. The number of nitrogens with zero attached hydrogens (tertiary/aromatic N) is 1. The van der Waals surface area contributed by atoms with Crippen molar-refractivity contribution in [2.75, 3.05) is 7.11 Å². The van der Waals surface area contributed by atoms with Crippen molar-refractivity contribution in [2.45, 2.75) is 38.9 Å². The Kier molecular flexibility index (Phi) is 4.14. The molecule has 0 bridgehead atoms. The van der Waals surface area contributed by atoms with Crippen LogP contribution in [0.3, 0.4) is 0 Å². The first-order chi connectivity index (χ1) is 9.25. The molecule has 2 heterocycles. The Labute approximate surface area is 125 Å². The Morgan fingerprint density at radius 1 is 1.25 bits per heavy atom. The van der Waals surface area contributed by atoms with Gasteiger partial charge in [-0.1, -0.05) is 23.7 Å². The first-order valence-corrected chi connectivity index (χ1v) is 6.86. The summed E-state index contributed by atoms with van der Waals surface area (Å²) >= 11 is 5.90. The minimum absolute atomic E-state index is 0.345. The highest BCUT2D eigenvalue weighted by molar-refractivity contribution is 6.52. The Morgan fingerprint density at radius 3 is 2.40 bits per heavy atom. The highest BCUT2D eigenvalue weighted by Crippen LogP contribution is 2.37. The molecule has 2 rings (SSSR count). The van der Waals surface area contributed by atoms with Gasteiger partial charge in [-0.3, -0.25) is 0 Å². The summed E-state index contributed by atoms with van der Waals surface area (Å²) in [6.07, 6.45) is 3.46. The standard InChI is InChI=1S/C14H19BClNO3/c1-13(2)14(3,4)20-15(19-13)7-6-10-8-12(16)17-9-11(10)18-5/h6-9H,1-5H3/b7-6+. The number of hydrogen-bond donors (Lipinski definition) is 0. The fraction of sp³-hybridized carbons (Fsp3) is 0.500. The summed E-state index contributed by atoms with van der Waals surface area (Å²) in [4.78, 5) is 3.98. The molecule has 1 aromatic rings. The normalized spacial score (nSPS) is 20.6. The Balaban J connectivity index is 2.17. The molecule has 0 aromatic carbocycles. The first-order valence-electron chi connectivity index (χ1n) is 6.48. The fourth-order valence-corrected chi connectivity index (χ4v) is 2.05. The molecule has 0 unspecified atom stereocenters. The van der Waals surface area contributed by atoms with Crippen LogP contribution in [0.1, 0.15) is 33.3 Å². The van der Waals surface area contributed by atoms with Crippen molar-refractivity contribution in [3.8, 4) is 5.75 Å². The van der Waals surface area contributed by atoms with Crippen molar-refractivity contribution in [1.29, 1.82) is 0 Å². The van der Waals surface area contributed by atoms with Gasteiger partial charge in [0.15, 0.2) is 0 Å². The summed E-state index contributed by atoms with van der Waals surface area (Å²) in [7, 11) is 1.20. The molecular weight excluding hydrogens is 276 g/mol. The molecule has 0 radical (unpaired) electrons. The second kappa shape index (κ2) is 5.39. The number of aromatic nitrogens is 1. The van der Waals surface area contributed by atoms with E-state index in [4.69, 9.17) is 25.6 Å². The predicted molar refractivity (Wildman–Crippen MR) is 80.9 cm³/mol. The van der Waals surface area contributed by atoms with Gasteiger partial charge in [-0.15, -0.1) is 0 Å². The molecule has 0 N–H and O–H groups in total. The minimum Gasteiger partial charge on any atom is -0.495 e. The molecule has 6 heteroatoms. The van der Waals surface area contributed by atoms with Crippen LogP contribution in [0.5, 0.6) is 5.75 Å². The number of ether oxygens (including phenoxy) is 1. The van der Waals surface area contributed by atoms with E-state index in [1.807, 2.05) is 39.7 Å². The van der Waals surface area contributed by atoms with E-state index in [0.29, 0.717) is 10.9 Å². The zero-order valence-corrected chi connectivity index (χ0v) is 13.2. The average molecular weight is 296 g/mol. The van der Waals surface area contributed by atoms with Crippen molar-refractivity contribution >= 4 is 24.8 Å². The maximum atomic E-state index is 5.90. The van der Waals surface area contributed by atoms with E-state index in [-0.39, 0.29) is 11.2 Å². The molecule has 1 fully saturated rings. The van der Waals surface area contributed by atoms with Crippen LogP contribution >= 0.6 is 11.6 Å². The summed E-state index contributed by atoms with van der Waals surface area (Å²) in [6, 6.07) is 1.74. The number of methoxy groups -OCH3 is 1. The number of hydrogen-bond acceptors (Lipinski definition) is 4. The zero-order valence-electron chi connectivity index (χ0n) is 12.4. The fourth-order valence-electron chi connectivity index (χ4n) is 1.88. The predicted octanol–water partition coefficient (Wildman–Crippen LogP) is 3.39. The van der Waals surface area contributed by atoms with Gasteiger partial charge in [-0.2, -0.15) is 0 Å². The van der Waals surface area contributed by atoms with Crippen molar-refractivity contribution in [3.63, 3.8) is 0 Å². The lowest BCUT2D eigenvalue weighted by Gasteiger charge is -2.32. The minimum atomic E-state index is -0.392. The zero-order chi connectivity index (χ0) is 15.0. The van der Waals surface area contributed by atoms with E-state index < -0.39 is 7.12 Å². The smallest absolute Gasteiger partial charge is 0.487 e. The number of halogens is 1. The molecule has 1 aliphatic heterocycles. The molecule has 1 saturated heterocycles. The third kappa shape index (κ3) is 3.00.